The lowest BCUT2D eigenvalue weighted by atomic mass is 10.1. The van der Waals surface area contributed by atoms with E-state index in [2.05, 4.69) is 25.9 Å². The lowest BCUT2D eigenvalue weighted by molar-refractivity contribution is -0.128. The average molecular weight is 388 g/mol. The zero-order chi connectivity index (χ0) is 16.8. The molecule has 6 heteroatoms. The van der Waals surface area contributed by atoms with Crippen LogP contribution in [-0.4, -0.2) is 40.0 Å². The number of likely N-dealkylation sites (tertiary alicyclic amines) is 1. The van der Waals surface area contributed by atoms with E-state index < -0.39 is 0 Å². The van der Waals surface area contributed by atoms with Crippen LogP contribution < -0.4 is 4.74 Å². The molecule has 0 N–H and O–H groups in total. The molecule has 1 aromatic carbocycles. The first-order chi connectivity index (χ1) is 11.7. The van der Waals surface area contributed by atoms with Gasteiger partial charge in [-0.25, -0.2) is 9.97 Å². The highest BCUT2D eigenvalue weighted by molar-refractivity contribution is 9.10. The fourth-order valence-electron chi connectivity index (χ4n) is 2.58. The molecular weight excluding hydrogens is 370 g/mol. The van der Waals surface area contributed by atoms with Crippen LogP contribution in [0.15, 0.2) is 53.3 Å². The average Bonchev–Trinajstić information content (AvgIpc) is 2.63. The summed E-state index contributed by atoms with van der Waals surface area (Å²) in [5.41, 5.74) is 1.01. The molecule has 1 aliphatic rings. The van der Waals surface area contributed by atoms with Crippen molar-refractivity contribution in [2.24, 2.45) is 0 Å². The molecule has 3 rings (SSSR count). The van der Waals surface area contributed by atoms with Gasteiger partial charge in [0, 0.05) is 25.0 Å². The van der Waals surface area contributed by atoms with Gasteiger partial charge in [0.25, 0.3) is 0 Å². The number of nitrogens with zero attached hydrogens (tertiary/aromatic N) is 3. The smallest absolute Gasteiger partial charge is 0.316 e. The Morgan fingerprint density at radius 3 is 2.75 bits per heavy atom. The second-order valence-electron chi connectivity index (χ2n) is 5.59. The highest BCUT2D eigenvalue weighted by atomic mass is 79.9. The van der Waals surface area contributed by atoms with Crippen molar-refractivity contribution in [3.05, 3.63) is 58.8 Å². The number of piperidine rings is 1. The minimum Gasteiger partial charge on any atom is -0.458 e. The summed E-state index contributed by atoms with van der Waals surface area (Å²) < 4.78 is 6.60. The third-order valence-electron chi connectivity index (χ3n) is 3.78. The molecule has 2 heterocycles. The number of carbonyl (C=O) groups is 1. The topological polar surface area (TPSA) is 55.3 Å². The molecule has 1 atom stereocenters. The number of hydrogen-bond acceptors (Lipinski definition) is 4. The van der Waals surface area contributed by atoms with Crippen LogP contribution in [0, 0.1) is 0 Å². The maximum absolute atomic E-state index is 12.4. The fourth-order valence-corrected chi connectivity index (χ4v) is 2.79. The molecule has 2 aromatic rings. The van der Waals surface area contributed by atoms with E-state index in [1.54, 1.807) is 18.5 Å². The summed E-state index contributed by atoms with van der Waals surface area (Å²) >= 11 is 3.29. The van der Waals surface area contributed by atoms with Gasteiger partial charge in [0.2, 0.25) is 5.91 Å². The maximum Gasteiger partial charge on any atom is 0.316 e. The van der Waals surface area contributed by atoms with Crippen LogP contribution in [0.3, 0.4) is 0 Å². The van der Waals surface area contributed by atoms with Crippen LogP contribution in [0.2, 0.25) is 0 Å². The van der Waals surface area contributed by atoms with E-state index in [9.17, 15) is 4.79 Å². The Balaban J connectivity index is 1.57. The normalized spacial score (nSPS) is 17.9. The van der Waals surface area contributed by atoms with E-state index in [1.165, 1.54) is 0 Å². The highest BCUT2D eigenvalue weighted by Crippen LogP contribution is 2.17. The minimum atomic E-state index is -0.0750. The third-order valence-corrected chi connectivity index (χ3v) is 4.19. The Morgan fingerprint density at radius 2 is 2.00 bits per heavy atom. The van der Waals surface area contributed by atoms with Gasteiger partial charge in [0.05, 0.1) is 11.0 Å². The third kappa shape index (κ3) is 4.64. The van der Waals surface area contributed by atoms with E-state index in [0.717, 1.165) is 29.4 Å². The van der Waals surface area contributed by atoms with E-state index in [0.29, 0.717) is 12.6 Å². The Bertz CT molecular complexity index is 704. The summed E-state index contributed by atoms with van der Waals surface area (Å²) in [7, 11) is 0. The summed E-state index contributed by atoms with van der Waals surface area (Å²) in [4.78, 5) is 22.4. The van der Waals surface area contributed by atoms with Gasteiger partial charge in [-0.1, -0.05) is 30.3 Å². The van der Waals surface area contributed by atoms with Crippen molar-refractivity contribution in [2.75, 3.05) is 13.1 Å². The first kappa shape index (κ1) is 16.6. The maximum atomic E-state index is 12.4. The van der Waals surface area contributed by atoms with Gasteiger partial charge < -0.3 is 9.64 Å². The molecule has 1 aromatic heterocycles. The van der Waals surface area contributed by atoms with Crippen molar-refractivity contribution in [1.29, 1.82) is 0 Å². The monoisotopic (exact) mass is 387 g/mol. The molecule has 0 aliphatic carbocycles. The zero-order valence-electron chi connectivity index (χ0n) is 13.1. The van der Waals surface area contributed by atoms with Crippen LogP contribution in [0.5, 0.6) is 6.01 Å². The number of hydrogen-bond donors (Lipinski definition) is 0. The second-order valence-corrected chi connectivity index (χ2v) is 6.51. The quantitative estimate of drug-likeness (QED) is 0.755. The molecule has 1 aliphatic heterocycles. The molecule has 1 amide bonds. The van der Waals surface area contributed by atoms with E-state index in [1.807, 2.05) is 41.3 Å². The number of carbonyl (C=O) groups excluding carboxylic acids is 1. The first-order valence-electron chi connectivity index (χ1n) is 7.87. The van der Waals surface area contributed by atoms with Gasteiger partial charge in [-0.05, 0) is 40.4 Å². The highest BCUT2D eigenvalue weighted by Gasteiger charge is 2.24. The molecule has 124 valence electrons. The predicted octanol–water partition coefficient (Wildman–Crippen LogP) is 3.32. The van der Waals surface area contributed by atoms with Crippen LogP contribution >= 0.6 is 15.9 Å². The number of aromatic nitrogens is 2. The molecule has 24 heavy (non-hydrogen) atoms. The van der Waals surface area contributed by atoms with Gasteiger partial charge in [0.1, 0.15) is 6.10 Å². The molecule has 1 fully saturated rings. The zero-order valence-corrected chi connectivity index (χ0v) is 14.7. The lowest BCUT2D eigenvalue weighted by Crippen LogP contribution is -2.43. The van der Waals surface area contributed by atoms with Crippen molar-refractivity contribution >= 4 is 27.9 Å². The molecule has 1 saturated heterocycles. The van der Waals surface area contributed by atoms with Gasteiger partial charge in [0.15, 0.2) is 0 Å². The van der Waals surface area contributed by atoms with Gasteiger partial charge >= 0.3 is 6.01 Å². The SMILES string of the molecule is O=C(/C=C/c1ccccc1)N1CCC[C@@H](Oc2ncc(Br)cn2)C1. The van der Waals surface area contributed by atoms with E-state index >= 15 is 0 Å². The lowest BCUT2D eigenvalue weighted by Gasteiger charge is -2.31. The van der Waals surface area contributed by atoms with Crippen LogP contribution in [-0.2, 0) is 4.79 Å². The Hall–Kier alpha value is -2.21. The molecule has 0 spiro atoms. The van der Waals surface area contributed by atoms with Crippen molar-refractivity contribution in [1.82, 2.24) is 14.9 Å². The Labute approximate surface area is 149 Å². The summed E-state index contributed by atoms with van der Waals surface area (Å²) in [6, 6.07) is 10.1. The van der Waals surface area contributed by atoms with E-state index in [-0.39, 0.29) is 12.0 Å². The van der Waals surface area contributed by atoms with Crippen LogP contribution in [0.1, 0.15) is 18.4 Å². The summed E-state index contributed by atoms with van der Waals surface area (Å²) in [6.07, 6.45) is 8.48. The second kappa shape index (κ2) is 8.06. The van der Waals surface area contributed by atoms with Crippen molar-refractivity contribution in [3.63, 3.8) is 0 Å². The molecule has 0 saturated carbocycles. The van der Waals surface area contributed by atoms with Gasteiger partial charge in [-0.2, -0.15) is 0 Å². The summed E-state index contributed by atoms with van der Waals surface area (Å²) in [5.74, 6) is 0.00359. The van der Waals surface area contributed by atoms with Gasteiger partial charge in [-0.15, -0.1) is 0 Å². The summed E-state index contributed by atoms with van der Waals surface area (Å²) in [6.45, 7) is 1.30. The minimum absolute atomic E-state index is 0.00359. The van der Waals surface area contributed by atoms with Crippen molar-refractivity contribution in [3.8, 4) is 6.01 Å². The fraction of sp³-hybridized carbons (Fsp3) is 0.278. The largest absolute Gasteiger partial charge is 0.458 e. The number of benzene rings is 1. The number of ether oxygens (including phenoxy) is 1. The Morgan fingerprint density at radius 1 is 1.25 bits per heavy atom. The molecular formula is C18H18BrN3O2. The Kier molecular flexibility index (Phi) is 5.59. The summed E-state index contributed by atoms with van der Waals surface area (Å²) in [5, 5.41) is 0. The number of halogens is 1. The van der Waals surface area contributed by atoms with Gasteiger partial charge in [-0.3, -0.25) is 4.79 Å². The standard InChI is InChI=1S/C18H18BrN3O2/c19-15-11-20-18(21-12-15)24-16-7-4-10-22(13-16)17(23)9-8-14-5-2-1-3-6-14/h1-3,5-6,8-9,11-12,16H,4,7,10,13H2/b9-8+/t16-/m1/s1. The van der Waals surface area contributed by atoms with Crippen LogP contribution in [0.25, 0.3) is 6.08 Å². The van der Waals surface area contributed by atoms with Crippen molar-refractivity contribution < 1.29 is 9.53 Å². The molecule has 5 nitrogen and oxygen atoms in total. The molecule has 0 radical (unpaired) electrons. The number of amides is 1. The van der Waals surface area contributed by atoms with Crippen molar-refractivity contribution in [2.45, 2.75) is 18.9 Å². The molecule has 0 unspecified atom stereocenters. The first-order valence-corrected chi connectivity index (χ1v) is 8.66. The van der Waals surface area contributed by atoms with E-state index in [4.69, 9.17) is 4.74 Å². The predicted molar refractivity (Wildman–Crippen MR) is 95.4 cm³/mol. The molecule has 0 bridgehead atoms. The number of rotatable bonds is 4. The van der Waals surface area contributed by atoms with Crippen LogP contribution in [0.4, 0.5) is 0 Å².